The molecular formula is C15H11F2N3S. The van der Waals surface area contributed by atoms with E-state index in [0.29, 0.717) is 5.13 Å². The molecule has 2 N–H and O–H groups in total. The number of rotatable bonds is 4. The first-order chi connectivity index (χ1) is 10.2. The molecule has 0 fully saturated rings. The van der Waals surface area contributed by atoms with Crippen LogP contribution in [0, 0.1) is 11.6 Å². The molecule has 0 radical (unpaired) electrons. The highest BCUT2D eigenvalue weighted by Crippen LogP contribution is 2.29. The minimum atomic E-state index is -0.622. The fraction of sp³-hybridized carbons (Fsp3) is 0. The van der Waals surface area contributed by atoms with Gasteiger partial charge in [-0.15, -0.1) is 11.3 Å². The average Bonchev–Trinajstić information content (AvgIpc) is 2.95. The van der Waals surface area contributed by atoms with Gasteiger partial charge in [0.25, 0.3) is 0 Å². The van der Waals surface area contributed by atoms with Crippen LogP contribution in [-0.2, 0) is 0 Å². The van der Waals surface area contributed by atoms with Gasteiger partial charge >= 0.3 is 0 Å². The lowest BCUT2D eigenvalue weighted by Gasteiger charge is -2.06. The molecule has 0 bridgehead atoms. The second kappa shape index (κ2) is 5.88. The van der Waals surface area contributed by atoms with E-state index in [4.69, 9.17) is 0 Å². The third-order valence-corrected chi connectivity index (χ3v) is 3.57. The van der Waals surface area contributed by atoms with Crippen molar-refractivity contribution in [3.63, 3.8) is 0 Å². The van der Waals surface area contributed by atoms with Crippen molar-refractivity contribution in [2.24, 2.45) is 0 Å². The third-order valence-electron chi connectivity index (χ3n) is 2.81. The van der Waals surface area contributed by atoms with Gasteiger partial charge in [-0.25, -0.2) is 13.8 Å². The number of nitrogens with one attached hydrogen (secondary N) is 2. The van der Waals surface area contributed by atoms with E-state index in [9.17, 15) is 8.78 Å². The lowest BCUT2D eigenvalue weighted by molar-refractivity contribution is 0.589. The Hall–Kier alpha value is -2.47. The molecule has 0 saturated carbocycles. The number of hydrogen-bond donors (Lipinski definition) is 2. The van der Waals surface area contributed by atoms with Crippen LogP contribution in [0.2, 0.25) is 0 Å². The zero-order valence-electron chi connectivity index (χ0n) is 10.8. The normalized spacial score (nSPS) is 10.4. The molecular weight excluding hydrogens is 292 g/mol. The Morgan fingerprint density at radius 1 is 0.857 bits per heavy atom. The summed E-state index contributed by atoms with van der Waals surface area (Å²) < 4.78 is 27.4. The van der Waals surface area contributed by atoms with E-state index in [1.54, 1.807) is 5.38 Å². The zero-order chi connectivity index (χ0) is 14.7. The maximum atomic E-state index is 13.7. The van der Waals surface area contributed by atoms with Crippen LogP contribution in [0.1, 0.15) is 0 Å². The Morgan fingerprint density at radius 3 is 2.29 bits per heavy atom. The number of anilines is 2. The largest absolute Gasteiger partial charge is 0.299 e. The van der Waals surface area contributed by atoms with Gasteiger partial charge in [-0.2, -0.15) is 0 Å². The van der Waals surface area contributed by atoms with Gasteiger partial charge in [-0.3, -0.25) is 10.9 Å². The number of hydrogen-bond acceptors (Lipinski definition) is 4. The fourth-order valence-electron chi connectivity index (χ4n) is 1.84. The van der Waals surface area contributed by atoms with Crippen molar-refractivity contribution in [1.82, 2.24) is 4.98 Å². The molecule has 0 aliphatic rings. The summed E-state index contributed by atoms with van der Waals surface area (Å²) in [4.78, 5) is 4.18. The van der Waals surface area contributed by atoms with Crippen LogP contribution in [0.3, 0.4) is 0 Å². The summed E-state index contributed by atoms with van der Waals surface area (Å²) in [5, 5.41) is 2.13. The standard InChI is InChI=1S/C15H11F2N3S/c16-11-7-4-8-12(17)14(11)13-9-21-15(18-13)20-19-10-5-2-1-3-6-10/h1-9,19H,(H,18,20). The molecule has 0 unspecified atom stereocenters. The summed E-state index contributed by atoms with van der Waals surface area (Å²) in [6.45, 7) is 0. The minimum Gasteiger partial charge on any atom is -0.299 e. The van der Waals surface area contributed by atoms with Gasteiger partial charge < -0.3 is 0 Å². The predicted octanol–water partition coefficient (Wildman–Crippen LogP) is 4.53. The summed E-state index contributed by atoms with van der Waals surface area (Å²) in [6, 6.07) is 13.2. The molecule has 1 aromatic heterocycles. The van der Waals surface area contributed by atoms with Gasteiger partial charge in [0.2, 0.25) is 5.13 Å². The van der Waals surface area contributed by atoms with E-state index in [2.05, 4.69) is 15.8 Å². The van der Waals surface area contributed by atoms with Crippen molar-refractivity contribution in [3.05, 3.63) is 65.5 Å². The molecule has 1 heterocycles. The molecule has 0 amide bonds. The molecule has 21 heavy (non-hydrogen) atoms. The molecule has 0 aliphatic carbocycles. The predicted molar refractivity (Wildman–Crippen MR) is 81.2 cm³/mol. The van der Waals surface area contributed by atoms with Gasteiger partial charge in [0, 0.05) is 5.38 Å². The van der Waals surface area contributed by atoms with Crippen LogP contribution in [0.5, 0.6) is 0 Å². The lowest BCUT2D eigenvalue weighted by Crippen LogP contribution is -2.07. The van der Waals surface area contributed by atoms with Crippen molar-refractivity contribution < 1.29 is 8.78 Å². The van der Waals surface area contributed by atoms with Crippen molar-refractivity contribution in [1.29, 1.82) is 0 Å². The van der Waals surface area contributed by atoms with Crippen molar-refractivity contribution in [3.8, 4) is 11.3 Å². The Morgan fingerprint density at radius 2 is 1.57 bits per heavy atom. The summed E-state index contributed by atoms with van der Waals surface area (Å²) in [6.07, 6.45) is 0. The number of para-hydroxylation sites is 1. The van der Waals surface area contributed by atoms with Crippen LogP contribution < -0.4 is 10.9 Å². The van der Waals surface area contributed by atoms with Crippen LogP contribution in [0.15, 0.2) is 53.9 Å². The number of aromatic nitrogens is 1. The van der Waals surface area contributed by atoms with Crippen molar-refractivity contribution in [2.75, 3.05) is 10.9 Å². The van der Waals surface area contributed by atoms with Gasteiger partial charge in [0.05, 0.1) is 16.9 Å². The number of nitrogens with zero attached hydrogens (tertiary/aromatic N) is 1. The first-order valence-corrected chi connectivity index (χ1v) is 7.09. The Kier molecular flexibility index (Phi) is 3.79. The summed E-state index contributed by atoms with van der Waals surface area (Å²) in [5.41, 5.74) is 6.90. The molecule has 2 aromatic carbocycles. The monoisotopic (exact) mass is 303 g/mol. The molecule has 6 heteroatoms. The van der Waals surface area contributed by atoms with E-state index in [-0.39, 0.29) is 11.3 Å². The van der Waals surface area contributed by atoms with E-state index in [0.717, 1.165) is 5.69 Å². The molecule has 0 spiro atoms. The topological polar surface area (TPSA) is 37.0 Å². The van der Waals surface area contributed by atoms with Crippen molar-refractivity contribution in [2.45, 2.75) is 0 Å². The molecule has 3 nitrogen and oxygen atoms in total. The molecule has 3 aromatic rings. The van der Waals surface area contributed by atoms with E-state index >= 15 is 0 Å². The van der Waals surface area contributed by atoms with Gasteiger partial charge in [0.15, 0.2) is 0 Å². The Labute approximate surface area is 124 Å². The molecule has 0 saturated heterocycles. The minimum absolute atomic E-state index is 0.110. The maximum absolute atomic E-state index is 13.7. The number of halogens is 2. The van der Waals surface area contributed by atoms with Gasteiger partial charge in [-0.05, 0) is 24.3 Å². The van der Waals surface area contributed by atoms with Gasteiger partial charge in [-0.1, -0.05) is 24.3 Å². The fourth-order valence-corrected chi connectivity index (χ4v) is 2.49. The van der Waals surface area contributed by atoms with Crippen molar-refractivity contribution >= 4 is 22.2 Å². The quantitative estimate of drug-likeness (QED) is 0.695. The smallest absolute Gasteiger partial charge is 0.202 e. The summed E-state index contributed by atoms with van der Waals surface area (Å²) >= 11 is 1.26. The van der Waals surface area contributed by atoms with E-state index in [1.165, 1.54) is 29.5 Å². The zero-order valence-corrected chi connectivity index (χ0v) is 11.6. The number of benzene rings is 2. The molecule has 106 valence electrons. The SMILES string of the molecule is Fc1cccc(F)c1-c1csc(NNc2ccccc2)n1. The van der Waals surface area contributed by atoms with E-state index in [1.807, 2.05) is 30.3 Å². The van der Waals surface area contributed by atoms with Crippen LogP contribution in [0.25, 0.3) is 11.3 Å². The lowest BCUT2D eigenvalue weighted by atomic mass is 10.1. The number of thiazole rings is 1. The molecule has 3 rings (SSSR count). The average molecular weight is 303 g/mol. The van der Waals surface area contributed by atoms with E-state index < -0.39 is 11.6 Å². The van der Waals surface area contributed by atoms with Crippen LogP contribution in [-0.4, -0.2) is 4.98 Å². The first kappa shape index (κ1) is 13.5. The maximum Gasteiger partial charge on any atom is 0.202 e. The second-order valence-corrected chi connectivity index (χ2v) is 5.11. The number of hydrazine groups is 1. The second-order valence-electron chi connectivity index (χ2n) is 4.25. The Bertz CT molecular complexity index is 723. The molecule has 0 aliphatic heterocycles. The third kappa shape index (κ3) is 3.00. The van der Waals surface area contributed by atoms with Crippen LogP contribution >= 0.6 is 11.3 Å². The van der Waals surface area contributed by atoms with Crippen LogP contribution in [0.4, 0.5) is 19.6 Å². The highest BCUT2D eigenvalue weighted by molar-refractivity contribution is 7.14. The highest BCUT2D eigenvalue weighted by Gasteiger charge is 2.14. The van der Waals surface area contributed by atoms with Gasteiger partial charge in [0.1, 0.15) is 11.6 Å². The highest BCUT2D eigenvalue weighted by atomic mass is 32.1. The summed E-state index contributed by atoms with van der Waals surface area (Å²) in [5.74, 6) is -1.24. The molecule has 0 atom stereocenters. The Balaban J connectivity index is 1.78. The first-order valence-electron chi connectivity index (χ1n) is 6.21. The summed E-state index contributed by atoms with van der Waals surface area (Å²) in [7, 11) is 0.